The summed E-state index contributed by atoms with van der Waals surface area (Å²) < 4.78 is 39.7. The number of hydrogen-bond acceptors (Lipinski definition) is 15. The van der Waals surface area contributed by atoms with Crippen LogP contribution in [0.1, 0.15) is 201 Å². The molecule has 0 radical (unpaired) electrons. The largest absolute Gasteiger partial charge is 0.460 e. The monoisotopic (exact) mass is 1000 g/mol. The Balaban J connectivity index is 0.000000237. The second-order valence-electron chi connectivity index (χ2n) is 21.8. The molecule has 0 amide bonds. The number of aliphatic hydroxyl groups is 1. The van der Waals surface area contributed by atoms with Crippen molar-refractivity contribution in [1.29, 1.82) is 0 Å². The number of hydrogen-bond donors (Lipinski definition) is 2. The molecule has 15 nitrogen and oxygen atoms in total. The third-order valence-electron chi connectivity index (χ3n) is 12.0. The second kappa shape index (κ2) is 24.9. The van der Waals surface area contributed by atoms with Crippen LogP contribution in [0.15, 0.2) is 85.5 Å². The topological polar surface area (TPSA) is 202 Å². The average Bonchev–Trinajstić information content (AvgIpc) is 4.19. The van der Waals surface area contributed by atoms with Crippen molar-refractivity contribution in [2.45, 2.75) is 181 Å². The molecule has 71 heavy (non-hydrogen) atoms. The third-order valence-corrected chi connectivity index (χ3v) is 12.2. The molecule has 0 bridgehead atoms. The lowest BCUT2D eigenvalue weighted by atomic mass is 9.87. The van der Waals surface area contributed by atoms with Crippen molar-refractivity contribution in [1.82, 2.24) is 15.5 Å². The van der Waals surface area contributed by atoms with Crippen LogP contribution in [0.4, 0.5) is 0 Å². The highest BCUT2D eigenvalue weighted by Gasteiger charge is 2.39. The molecule has 2 N–H and O–H groups in total. The molecule has 3 atom stereocenters. The van der Waals surface area contributed by atoms with Crippen LogP contribution >= 0.6 is 11.6 Å². The van der Waals surface area contributed by atoms with Gasteiger partial charge in [0.15, 0.2) is 17.2 Å². The lowest BCUT2D eigenvalue weighted by Crippen LogP contribution is -2.25. The fraction of sp³-hybridized carbons (Fsp3) is 0.564. The van der Waals surface area contributed by atoms with Gasteiger partial charge in [0.05, 0.1) is 37.4 Å². The highest BCUT2D eigenvalue weighted by molar-refractivity contribution is 6.69. The van der Waals surface area contributed by atoms with Gasteiger partial charge >= 0.3 is 11.9 Å². The quantitative estimate of drug-likeness (QED) is 0.0206. The van der Waals surface area contributed by atoms with Crippen LogP contribution in [0.5, 0.6) is 0 Å². The van der Waals surface area contributed by atoms with Gasteiger partial charge in [-0.2, -0.15) is 0 Å². The van der Waals surface area contributed by atoms with Crippen molar-refractivity contribution in [3.8, 4) is 11.5 Å². The van der Waals surface area contributed by atoms with Crippen LogP contribution in [0.25, 0.3) is 11.5 Å². The van der Waals surface area contributed by atoms with Gasteiger partial charge in [0.25, 0.3) is 0 Å². The molecule has 2 aliphatic rings. The lowest BCUT2D eigenvalue weighted by molar-refractivity contribution is -0.156. The molecule has 2 aliphatic carbocycles. The Hall–Kier alpha value is -5.35. The number of oxime groups is 1. The maximum Gasteiger partial charge on any atom is 0.306 e. The first-order valence-corrected chi connectivity index (χ1v) is 25.3. The van der Waals surface area contributed by atoms with Crippen molar-refractivity contribution in [2.75, 3.05) is 13.2 Å². The minimum Gasteiger partial charge on any atom is -0.460 e. The summed E-state index contributed by atoms with van der Waals surface area (Å²) in [4.78, 5) is 25.5. The number of aliphatic hydroxyl groups excluding tert-OH is 1. The highest BCUT2D eigenvalue weighted by atomic mass is 35.5. The predicted octanol–water partition coefficient (Wildman–Crippen LogP) is 12.8. The Kier molecular flexibility index (Phi) is 19.2. The summed E-state index contributed by atoms with van der Waals surface area (Å²) in [6.07, 6.45) is 6.47. The second-order valence-corrected chi connectivity index (χ2v) is 22.1. The molecule has 5 aromatic rings. The molecule has 16 heteroatoms. The van der Waals surface area contributed by atoms with E-state index >= 15 is 0 Å². The fourth-order valence-corrected chi connectivity index (χ4v) is 8.44. The van der Waals surface area contributed by atoms with Crippen LogP contribution in [-0.2, 0) is 41.8 Å². The molecular formula is C55H73ClN4O11. The van der Waals surface area contributed by atoms with E-state index < -0.39 is 22.7 Å². The van der Waals surface area contributed by atoms with E-state index in [1.165, 1.54) is 0 Å². The molecular weight excluding hydrogens is 928 g/mol. The summed E-state index contributed by atoms with van der Waals surface area (Å²) in [5, 5.41) is 35.6. The lowest BCUT2D eigenvalue weighted by Gasteiger charge is -2.22. The number of halogens is 1. The Bertz CT molecular complexity index is 2470. The molecule has 2 aromatic carbocycles. The molecule has 0 aliphatic heterocycles. The SMILES string of the molecule is CC(C)(C)OC(=O)C[C@H](CCCOCc1ccccc1)c1noc(-c2cc(C(O)C(C)(C)C)on2)c1C1CC1.CC(C)(C)OC(=O)C[C@H](CCCOCc1ccccc1)c1noc(/C(Cl)=N/O)c1C1CC1. The summed E-state index contributed by atoms with van der Waals surface area (Å²) in [6.45, 7) is 19.2. The van der Waals surface area contributed by atoms with Gasteiger partial charge in [-0.15, -0.1) is 0 Å². The van der Waals surface area contributed by atoms with Gasteiger partial charge in [-0.05, 0) is 121 Å². The van der Waals surface area contributed by atoms with E-state index in [-0.39, 0.29) is 53.5 Å². The molecule has 3 heterocycles. The minimum atomic E-state index is -0.804. The number of aromatic nitrogens is 3. The Labute approximate surface area is 422 Å². The Morgan fingerprint density at radius 2 is 1.15 bits per heavy atom. The van der Waals surface area contributed by atoms with Crippen molar-refractivity contribution in [2.24, 2.45) is 10.6 Å². The number of rotatable bonds is 23. The van der Waals surface area contributed by atoms with Crippen LogP contribution < -0.4 is 0 Å². The van der Waals surface area contributed by atoms with E-state index in [2.05, 4.69) is 20.6 Å². The van der Waals surface area contributed by atoms with Crippen LogP contribution in [-0.4, -0.2) is 67.3 Å². The number of ether oxygens (including phenoxy) is 4. The van der Waals surface area contributed by atoms with Gasteiger partial charge in [-0.25, -0.2) is 0 Å². The van der Waals surface area contributed by atoms with Gasteiger partial charge in [0.2, 0.25) is 10.9 Å². The van der Waals surface area contributed by atoms with Crippen molar-refractivity contribution >= 4 is 28.7 Å². The zero-order valence-corrected chi connectivity index (χ0v) is 43.6. The molecule has 386 valence electrons. The molecule has 7 rings (SSSR count). The maximum atomic E-state index is 12.9. The van der Waals surface area contributed by atoms with E-state index in [4.69, 9.17) is 49.3 Å². The number of benzene rings is 2. The number of nitrogens with zero attached hydrogens (tertiary/aromatic N) is 4. The highest BCUT2D eigenvalue weighted by Crippen LogP contribution is 2.50. The zero-order chi connectivity index (χ0) is 51.3. The van der Waals surface area contributed by atoms with Gasteiger partial charge in [0.1, 0.15) is 17.3 Å². The molecule has 1 unspecified atom stereocenters. The average molecular weight is 1000 g/mol. The summed E-state index contributed by atoms with van der Waals surface area (Å²) >= 11 is 6.04. The minimum absolute atomic E-state index is 0.132. The van der Waals surface area contributed by atoms with Gasteiger partial charge < -0.3 is 42.8 Å². The van der Waals surface area contributed by atoms with Crippen LogP contribution in [0.3, 0.4) is 0 Å². The predicted molar refractivity (Wildman–Crippen MR) is 268 cm³/mol. The van der Waals surface area contributed by atoms with Gasteiger partial charge in [-0.3, -0.25) is 9.59 Å². The Morgan fingerprint density at radius 1 is 0.690 bits per heavy atom. The third kappa shape index (κ3) is 17.1. The maximum absolute atomic E-state index is 12.9. The van der Waals surface area contributed by atoms with E-state index in [0.29, 0.717) is 68.1 Å². The molecule has 0 spiro atoms. The first kappa shape index (κ1) is 55.0. The number of carbonyl (C=O) groups is 2. The van der Waals surface area contributed by atoms with Crippen LogP contribution in [0.2, 0.25) is 0 Å². The van der Waals surface area contributed by atoms with E-state index in [1.54, 1.807) is 6.07 Å². The summed E-state index contributed by atoms with van der Waals surface area (Å²) in [7, 11) is 0. The summed E-state index contributed by atoms with van der Waals surface area (Å²) in [5.41, 5.74) is 4.52. The fourth-order valence-electron chi connectivity index (χ4n) is 8.30. The normalized spacial score (nSPS) is 15.7. The summed E-state index contributed by atoms with van der Waals surface area (Å²) in [5.74, 6) is 0.821. The molecule has 0 saturated heterocycles. The zero-order valence-electron chi connectivity index (χ0n) is 42.9. The first-order valence-electron chi connectivity index (χ1n) is 24.9. The number of carbonyl (C=O) groups excluding carboxylic acids is 2. The van der Waals surface area contributed by atoms with E-state index in [0.717, 1.165) is 66.5 Å². The molecule has 2 fully saturated rings. The molecule has 3 aromatic heterocycles. The van der Waals surface area contributed by atoms with Crippen molar-refractivity contribution < 1.29 is 52.4 Å². The standard InChI is InChI=1S/C31H42N2O6.C24H31ClN2O5/c1-30(2,3)29(35)24-18-23(32-38-24)28-26(21-14-15-21)27(33-39-28)22(17-25(34)37-31(4,5)6)13-10-16-36-19-20-11-8-7-9-12-20;1-24(2,3)31-19(28)14-18(10-7-13-30-15-16-8-5-4-6-9-16)21-20(17-11-12-17)22(32-27-21)23(25)26-29/h7-9,11-12,18,21-22,29,35H,10,13-17,19H2,1-6H3;4-6,8-9,17-18,29H,7,10-15H2,1-3H3/b;26-23-/t22-,29?;18-/m00/s1. The smallest absolute Gasteiger partial charge is 0.306 e. The molecule has 2 saturated carbocycles. The van der Waals surface area contributed by atoms with Crippen molar-refractivity contribution in [3.05, 3.63) is 112 Å². The van der Waals surface area contributed by atoms with E-state index in [9.17, 15) is 14.7 Å². The van der Waals surface area contributed by atoms with Crippen molar-refractivity contribution in [3.63, 3.8) is 0 Å². The Morgan fingerprint density at radius 3 is 1.61 bits per heavy atom. The summed E-state index contributed by atoms with van der Waals surface area (Å²) in [6, 6.07) is 21.8. The van der Waals surface area contributed by atoms with Gasteiger partial charge in [-0.1, -0.05) is 114 Å². The first-order chi connectivity index (χ1) is 33.7. The van der Waals surface area contributed by atoms with Crippen LogP contribution in [0, 0.1) is 5.41 Å². The van der Waals surface area contributed by atoms with E-state index in [1.807, 2.05) is 123 Å². The van der Waals surface area contributed by atoms with Gasteiger partial charge in [0, 0.05) is 42.2 Å². The number of esters is 2.